The van der Waals surface area contributed by atoms with Crippen LogP contribution in [0.4, 0.5) is 0 Å². The zero-order valence-corrected chi connectivity index (χ0v) is 10.5. The van der Waals surface area contributed by atoms with Gasteiger partial charge in [0.2, 0.25) is 21.2 Å². The van der Waals surface area contributed by atoms with E-state index >= 15 is 0 Å². The van der Waals surface area contributed by atoms with Gasteiger partial charge < -0.3 is 5.32 Å². The van der Waals surface area contributed by atoms with Gasteiger partial charge in [0, 0.05) is 20.0 Å². The van der Waals surface area contributed by atoms with E-state index in [1.54, 1.807) is 0 Å². The maximum atomic E-state index is 11.6. The zero-order chi connectivity index (χ0) is 12.9. The number of halogens is 1. The minimum absolute atomic E-state index is 0.00460. The van der Waals surface area contributed by atoms with Crippen LogP contribution in [0.2, 0.25) is 5.28 Å². The van der Waals surface area contributed by atoms with Crippen LogP contribution in [0.1, 0.15) is 6.42 Å². The molecular weight excluding hydrogens is 268 g/mol. The van der Waals surface area contributed by atoms with Crippen LogP contribution >= 0.6 is 11.6 Å². The third kappa shape index (κ3) is 4.25. The molecule has 2 N–H and O–H groups in total. The summed E-state index contributed by atoms with van der Waals surface area (Å²) in [6.07, 6.45) is 2.25. The lowest BCUT2D eigenvalue weighted by molar-refractivity contribution is -0.120. The summed E-state index contributed by atoms with van der Waals surface area (Å²) in [6, 6.07) is 0. The maximum absolute atomic E-state index is 11.6. The molecule has 0 aliphatic carbocycles. The van der Waals surface area contributed by atoms with Gasteiger partial charge in [0.25, 0.3) is 0 Å². The second-order valence-electron chi connectivity index (χ2n) is 3.01. The van der Waals surface area contributed by atoms with Gasteiger partial charge in [-0.05, 0) is 11.6 Å². The molecule has 0 atom stereocenters. The van der Waals surface area contributed by atoms with E-state index in [1.807, 2.05) is 0 Å². The summed E-state index contributed by atoms with van der Waals surface area (Å²) < 4.78 is 25.5. The molecule has 1 rings (SSSR count). The van der Waals surface area contributed by atoms with E-state index in [4.69, 9.17) is 11.6 Å². The molecule has 0 bridgehead atoms. The normalized spacial score (nSPS) is 11.2. The smallest absolute Gasteiger partial charge is 0.243 e. The quantitative estimate of drug-likeness (QED) is 0.710. The Balaban J connectivity index is 2.63. The fourth-order valence-electron chi connectivity index (χ4n) is 0.946. The van der Waals surface area contributed by atoms with Gasteiger partial charge >= 0.3 is 0 Å². The van der Waals surface area contributed by atoms with E-state index in [-0.39, 0.29) is 29.1 Å². The number of carbonyl (C=O) groups excluding carboxylic acids is 1. The van der Waals surface area contributed by atoms with E-state index < -0.39 is 10.0 Å². The van der Waals surface area contributed by atoms with Crippen LogP contribution < -0.4 is 10.0 Å². The summed E-state index contributed by atoms with van der Waals surface area (Å²) in [6.45, 7) is 0.00460. The number of carbonyl (C=O) groups is 1. The van der Waals surface area contributed by atoms with Gasteiger partial charge in [0.05, 0.1) is 12.4 Å². The van der Waals surface area contributed by atoms with Crippen molar-refractivity contribution in [1.29, 1.82) is 0 Å². The first-order chi connectivity index (χ1) is 7.95. The predicted octanol–water partition coefficient (Wildman–Crippen LogP) is -0.456. The van der Waals surface area contributed by atoms with Crippen molar-refractivity contribution in [3.8, 4) is 0 Å². The molecular formula is C8H11ClN4O3S. The Morgan fingerprint density at radius 3 is 2.53 bits per heavy atom. The maximum Gasteiger partial charge on any atom is 0.243 e. The predicted molar refractivity (Wildman–Crippen MR) is 60.9 cm³/mol. The molecule has 1 amide bonds. The van der Waals surface area contributed by atoms with E-state index in [1.165, 1.54) is 7.05 Å². The minimum Gasteiger partial charge on any atom is -0.359 e. The third-order valence-corrected chi connectivity index (χ3v) is 3.44. The Kier molecular flexibility index (Phi) is 4.79. The number of nitrogens with one attached hydrogen (secondary N) is 2. The number of hydrogen-bond acceptors (Lipinski definition) is 5. The van der Waals surface area contributed by atoms with Crippen molar-refractivity contribution in [3.05, 3.63) is 17.7 Å². The van der Waals surface area contributed by atoms with Crippen molar-refractivity contribution in [2.24, 2.45) is 0 Å². The molecule has 0 saturated heterocycles. The van der Waals surface area contributed by atoms with Gasteiger partial charge in [0.1, 0.15) is 4.90 Å². The number of sulfonamides is 1. The van der Waals surface area contributed by atoms with Gasteiger partial charge in [-0.3, -0.25) is 4.79 Å². The minimum atomic E-state index is -3.69. The van der Waals surface area contributed by atoms with E-state index in [0.29, 0.717) is 0 Å². The van der Waals surface area contributed by atoms with E-state index in [0.717, 1.165) is 12.4 Å². The van der Waals surface area contributed by atoms with Crippen LogP contribution in [0.15, 0.2) is 17.3 Å². The number of aromatic nitrogens is 2. The molecule has 0 fully saturated rings. The summed E-state index contributed by atoms with van der Waals surface area (Å²) in [5.74, 6) is -0.250. The molecule has 1 aromatic rings. The van der Waals surface area contributed by atoms with E-state index in [2.05, 4.69) is 20.0 Å². The number of hydrogen-bond donors (Lipinski definition) is 2. The Bertz CT molecular complexity index is 488. The lowest BCUT2D eigenvalue weighted by atomic mass is 10.4. The second kappa shape index (κ2) is 5.89. The van der Waals surface area contributed by atoms with Gasteiger partial charge in [-0.25, -0.2) is 23.1 Å². The molecule has 7 nitrogen and oxygen atoms in total. The summed E-state index contributed by atoms with van der Waals surface area (Å²) in [4.78, 5) is 17.9. The second-order valence-corrected chi connectivity index (χ2v) is 5.11. The first-order valence-electron chi connectivity index (χ1n) is 4.63. The van der Waals surface area contributed by atoms with Crippen LogP contribution in [0.5, 0.6) is 0 Å². The zero-order valence-electron chi connectivity index (χ0n) is 8.97. The van der Waals surface area contributed by atoms with Gasteiger partial charge in [0.15, 0.2) is 0 Å². The first-order valence-corrected chi connectivity index (χ1v) is 6.49. The molecule has 0 aromatic carbocycles. The van der Waals surface area contributed by atoms with Crippen molar-refractivity contribution < 1.29 is 13.2 Å². The first kappa shape index (κ1) is 13.8. The standard InChI is InChI=1S/C8H11ClN4O3S/c1-10-7(14)2-3-13-17(15,16)6-4-11-8(9)12-5-6/h4-5,13H,2-3H2,1H3,(H,10,14). The largest absolute Gasteiger partial charge is 0.359 e. The Morgan fingerprint density at radius 1 is 1.41 bits per heavy atom. The van der Waals surface area contributed by atoms with Crippen molar-refractivity contribution in [1.82, 2.24) is 20.0 Å². The average molecular weight is 279 g/mol. The average Bonchev–Trinajstić information content (AvgIpc) is 2.29. The molecule has 0 unspecified atom stereocenters. The van der Waals surface area contributed by atoms with Crippen molar-refractivity contribution in [2.45, 2.75) is 11.3 Å². The van der Waals surface area contributed by atoms with Gasteiger partial charge in [-0.2, -0.15) is 0 Å². The highest BCUT2D eigenvalue weighted by atomic mass is 35.5. The molecule has 0 aliphatic rings. The molecule has 0 radical (unpaired) electrons. The highest BCUT2D eigenvalue weighted by Gasteiger charge is 2.14. The SMILES string of the molecule is CNC(=O)CCNS(=O)(=O)c1cnc(Cl)nc1. The fourth-order valence-corrected chi connectivity index (χ4v) is 1.96. The van der Waals surface area contributed by atoms with Gasteiger partial charge in [-0.1, -0.05) is 0 Å². The van der Waals surface area contributed by atoms with Crippen LogP contribution in [0.25, 0.3) is 0 Å². The van der Waals surface area contributed by atoms with Gasteiger partial charge in [-0.15, -0.1) is 0 Å². The van der Waals surface area contributed by atoms with Crippen molar-refractivity contribution >= 4 is 27.5 Å². The summed E-state index contributed by atoms with van der Waals surface area (Å²) in [5, 5.41) is 2.35. The lowest BCUT2D eigenvalue weighted by Gasteiger charge is -2.05. The molecule has 94 valence electrons. The van der Waals surface area contributed by atoms with Crippen LogP contribution in [-0.2, 0) is 14.8 Å². The molecule has 9 heteroatoms. The van der Waals surface area contributed by atoms with Crippen LogP contribution in [-0.4, -0.2) is 37.9 Å². The van der Waals surface area contributed by atoms with E-state index in [9.17, 15) is 13.2 Å². The summed E-state index contributed by atoms with van der Waals surface area (Å²) in [7, 11) is -2.22. The lowest BCUT2D eigenvalue weighted by Crippen LogP contribution is -2.29. The van der Waals surface area contributed by atoms with Crippen molar-refractivity contribution in [3.63, 3.8) is 0 Å². The van der Waals surface area contributed by atoms with Crippen LogP contribution in [0, 0.1) is 0 Å². The Morgan fingerprint density at radius 2 is 2.00 bits per heavy atom. The summed E-state index contributed by atoms with van der Waals surface area (Å²) >= 11 is 5.44. The number of nitrogens with zero attached hydrogens (tertiary/aromatic N) is 2. The molecule has 1 heterocycles. The molecule has 0 spiro atoms. The Hall–Kier alpha value is -1.25. The molecule has 0 saturated carbocycles. The molecule has 1 aromatic heterocycles. The highest BCUT2D eigenvalue weighted by molar-refractivity contribution is 7.89. The van der Waals surface area contributed by atoms with Crippen molar-refractivity contribution in [2.75, 3.05) is 13.6 Å². The fraction of sp³-hybridized carbons (Fsp3) is 0.375. The number of amides is 1. The topological polar surface area (TPSA) is 101 Å². The molecule has 0 aliphatic heterocycles. The Labute approximate surface area is 104 Å². The highest BCUT2D eigenvalue weighted by Crippen LogP contribution is 2.07. The summed E-state index contributed by atoms with van der Waals surface area (Å²) in [5.41, 5.74) is 0. The third-order valence-electron chi connectivity index (χ3n) is 1.83. The van der Waals surface area contributed by atoms with Crippen LogP contribution in [0.3, 0.4) is 0 Å². The number of rotatable bonds is 5. The molecule has 17 heavy (non-hydrogen) atoms. The monoisotopic (exact) mass is 278 g/mol.